The lowest BCUT2D eigenvalue weighted by Gasteiger charge is -2.17. The molecular weight excluding hydrogens is 444 g/mol. The fourth-order valence-electron chi connectivity index (χ4n) is 4.14. The minimum absolute atomic E-state index is 0.230. The summed E-state index contributed by atoms with van der Waals surface area (Å²) in [4.78, 5) is 18.9. The molecule has 0 saturated heterocycles. The summed E-state index contributed by atoms with van der Waals surface area (Å²) >= 11 is 0. The van der Waals surface area contributed by atoms with Gasteiger partial charge in [0.05, 0.1) is 38.9 Å². The van der Waals surface area contributed by atoms with E-state index in [1.807, 2.05) is 61.5 Å². The number of aryl methyl sites for hydroxylation is 1. The quantitative estimate of drug-likeness (QED) is 0.363. The van der Waals surface area contributed by atoms with Crippen molar-refractivity contribution < 1.29 is 14.2 Å². The molecule has 176 valence electrons. The Kier molecular flexibility index (Phi) is 5.70. The van der Waals surface area contributed by atoms with Crippen LogP contribution in [-0.2, 0) is 0 Å². The van der Waals surface area contributed by atoms with Crippen LogP contribution in [0.1, 0.15) is 5.56 Å². The Morgan fingerprint density at radius 2 is 1.49 bits per heavy atom. The molecule has 0 unspecified atom stereocenters. The van der Waals surface area contributed by atoms with Crippen molar-refractivity contribution in [2.45, 2.75) is 6.92 Å². The summed E-state index contributed by atoms with van der Waals surface area (Å²) in [6.07, 6.45) is 1.56. The van der Waals surface area contributed by atoms with Gasteiger partial charge in [-0.25, -0.2) is 9.67 Å². The minimum Gasteiger partial charge on any atom is -0.493 e. The molecule has 0 bridgehead atoms. The first kappa shape index (κ1) is 22.2. The van der Waals surface area contributed by atoms with Gasteiger partial charge in [0, 0.05) is 5.56 Å². The fourth-order valence-corrected chi connectivity index (χ4v) is 4.14. The van der Waals surface area contributed by atoms with E-state index >= 15 is 0 Å². The van der Waals surface area contributed by atoms with Gasteiger partial charge < -0.3 is 14.2 Å². The summed E-state index contributed by atoms with van der Waals surface area (Å²) in [5.41, 5.74) is 3.37. The third kappa shape index (κ3) is 3.78. The van der Waals surface area contributed by atoms with E-state index in [2.05, 4.69) is 5.10 Å². The van der Waals surface area contributed by atoms with E-state index in [0.29, 0.717) is 45.4 Å². The number of benzene rings is 3. The van der Waals surface area contributed by atoms with Gasteiger partial charge in [0.2, 0.25) is 5.75 Å². The van der Waals surface area contributed by atoms with Gasteiger partial charge in [-0.05, 0) is 48.9 Å². The molecule has 5 rings (SSSR count). The molecule has 0 N–H and O–H groups in total. The molecular formula is C27H24N4O4. The van der Waals surface area contributed by atoms with Gasteiger partial charge in [-0.15, -0.1) is 0 Å². The second-order valence-electron chi connectivity index (χ2n) is 7.96. The molecule has 0 atom stereocenters. The molecule has 2 aromatic heterocycles. The Hall–Kier alpha value is -4.59. The Labute approximate surface area is 202 Å². The number of para-hydroxylation sites is 1. The standard InChI is InChI=1S/C27H24N4O4/c1-17-9-8-12-20(13-17)30-25(18-14-22(33-2)24(35-4)23(15-18)34-3)29-26-21(27(30)32)16-28-31(26)19-10-6-5-7-11-19/h5-16H,1-4H3. The molecule has 3 aromatic carbocycles. The molecule has 8 heteroatoms. The maximum Gasteiger partial charge on any atom is 0.269 e. The van der Waals surface area contributed by atoms with E-state index in [0.717, 1.165) is 11.3 Å². The second kappa shape index (κ2) is 8.98. The molecule has 0 fully saturated rings. The summed E-state index contributed by atoms with van der Waals surface area (Å²) in [5.74, 6) is 1.80. The van der Waals surface area contributed by atoms with Crippen molar-refractivity contribution in [2.24, 2.45) is 0 Å². The van der Waals surface area contributed by atoms with Crippen LogP contribution in [0.2, 0.25) is 0 Å². The molecule has 8 nitrogen and oxygen atoms in total. The van der Waals surface area contributed by atoms with Gasteiger partial charge in [-0.1, -0.05) is 30.3 Å². The molecule has 0 aliphatic carbocycles. The molecule has 0 amide bonds. The highest BCUT2D eigenvalue weighted by Crippen LogP contribution is 2.41. The molecule has 0 spiro atoms. The molecule has 2 heterocycles. The normalized spacial score (nSPS) is 11.0. The lowest BCUT2D eigenvalue weighted by atomic mass is 10.1. The van der Waals surface area contributed by atoms with Crippen molar-refractivity contribution >= 4 is 11.0 Å². The third-order valence-electron chi connectivity index (χ3n) is 5.78. The van der Waals surface area contributed by atoms with Gasteiger partial charge in [0.1, 0.15) is 11.2 Å². The van der Waals surface area contributed by atoms with Gasteiger partial charge >= 0.3 is 0 Å². The molecule has 35 heavy (non-hydrogen) atoms. The van der Waals surface area contributed by atoms with Crippen LogP contribution < -0.4 is 19.8 Å². The van der Waals surface area contributed by atoms with Gasteiger partial charge in [0.15, 0.2) is 17.1 Å². The number of fused-ring (bicyclic) bond motifs is 1. The van der Waals surface area contributed by atoms with Crippen molar-refractivity contribution in [2.75, 3.05) is 21.3 Å². The van der Waals surface area contributed by atoms with E-state index in [-0.39, 0.29) is 5.56 Å². The number of hydrogen-bond acceptors (Lipinski definition) is 6. The van der Waals surface area contributed by atoms with E-state index in [1.54, 1.807) is 48.9 Å². The Morgan fingerprint density at radius 3 is 2.11 bits per heavy atom. The third-order valence-corrected chi connectivity index (χ3v) is 5.78. The Morgan fingerprint density at radius 1 is 0.800 bits per heavy atom. The van der Waals surface area contributed by atoms with Crippen molar-refractivity contribution in [3.8, 4) is 40.0 Å². The fraction of sp³-hybridized carbons (Fsp3) is 0.148. The number of aromatic nitrogens is 4. The van der Waals surface area contributed by atoms with Crippen LogP contribution in [0, 0.1) is 6.92 Å². The lowest BCUT2D eigenvalue weighted by Crippen LogP contribution is -2.22. The second-order valence-corrected chi connectivity index (χ2v) is 7.96. The van der Waals surface area contributed by atoms with Crippen LogP contribution >= 0.6 is 0 Å². The lowest BCUT2D eigenvalue weighted by molar-refractivity contribution is 0.324. The zero-order valence-corrected chi connectivity index (χ0v) is 19.9. The topological polar surface area (TPSA) is 80.4 Å². The summed E-state index contributed by atoms with van der Waals surface area (Å²) in [6, 6.07) is 20.9. The average molecular weight is 469 g/mol. The van der Waals surface area contributed by atoms with Crippen LogP contribution in [0.25, 0.3) is 33.8 Å². The smallest absolute Gasteiger partial charge is 0.269 e. The summed E-state index contributed by atoms with van der Waals surface area (Å²) < 4.78 is 19.9. The largest absolute Gasteiger partial charge is 0.493 e. The summed E-state index contributed by atoms with van der Waals surface area (Å²) in [5, 5.41) is 4.89. The van der Waals surface area contributed by atoms with Crippen LogP contribution in [0.3, 0.4) is 0 Å². The zero-order chi connectivity index (χ0) is 24.5. The predicted molar refractivity (Wildman–Crippen MR) is 134 cm³/mol. The molecule has 5 aromatic rings. The van der Waals surface area contributed by atoms with Crippen LogP contribution in [0.4, 0.5) is 0 Å². The Bertz CT molecular complexity index is 1560. The van der Waals surface area contributed by atoms with Gasteiger partial charge in [-0.2, -0.15) is 5.10 Å². The zero-order valence-electron chi connectivity index (χ0n) is 19.9. The highest BCUT2D eigenvalue weighted by Gasteiger charge is 2.22. The first-order valence-corrected chi connectivity index (χ1v) is 11.0. The maximum absolute atomic E-state index is 13.9. The van der Waals surface area contributed by atoms with Crippen molar-refractivity contribution in [1.29, 1.82) is 0 Å². The summed E-state index contributed by atoms with van der Waals surface area (Å²) in [7, 11) is 4.65. The van der Waals surface area contributed by atoms with Crippen LogP contribution in [0.15, 0.2) is 77.7 Å². The molecule has 0 saturated carbocycles. The first-order valence-electron chi connectivity index (χ1n) is 11.0. The van der Waals surface area contributed by atoms with Crippen molar-refractivity contribution in [3.05, 3.63) is 88.8 Å². The van der Waals surface area contributed by atoms with E-state index in [9.17, 15) is 4.79 Å². The van der Waals surface area contributed by atoms with Gasteiger partial charge in [0.25, 0.3) is 5.56 Å². The van der Waals surface area contributed by atoms with E-state index in [4.69, 9.17) is 19.2 Å². The van der Waals surface area contributed by atoms with Gasteiger partial charge in [-0.3, -0.25) is 9.36 Å². The highest BCUT2D eigenvalue weighted by atomic mass is 16.5. The number of rotatable bonds is 6. The maximum atomic E-state index is 13.9. The minimum atomic E-state index is -0.230. The highest BCUT2D eigenvalue weighted by molar-refractivity contribution is 5.80. The SMILES string of the molecule is COc1cc(-c2nc3c(cnn3-c3ccccc3)c(=O)n2-c2cccc(C)c2)cc(OC)c1OC. The van der Waals surface area contributed by atoms with E-state index < -0.39 is 0 Å². The summed E-state index contributed by atoms with van der Waals surface area (Å²) in [6.45, 7) is 1.98. The number of nitrogens with zero attached hydrogens (tertiary/aromatic N) is 4. The monoisotopic (exact) mass is 468 g/mol. The Balaban J connectivity index is 1.88. The van der Waals surface area contributed by atoms with E-state index in [1.165, 1.54) is 0 Å². The number of methoxy groups -OCH3 is 3. The van der Waals surface area contributed by atoms with Crippen molar-refractivity contribution in [1.82, 2.24) is 19.3 Å². The molecule has 0 radical (unpaired) electrons. The van der Waals surface area contributed by atoms with Crippen LogP contribution in [0.5, 0.6) is 17.2 Å². The number of hydrogen-bond donors (Lipinski definition) is 0. The van der Waals surface area contributed by atoms with Crippen LogP contribution in [-0.4, -0.2) is 40.7 Å². The number of ether oxygens (including phenoxy) is 3. The average Bonchev–Trinajstić information content (AvgIpc) is 3.32. The molecule has 0 aliphatic rings. The van der Waals surface area contributed by atoms with Crippen molar-refractivity contribution in [3.63, 3.8) is 0 Å². The predicted octanol–water partition coefficient (Wildman–Crippen LogP) is 4.57. The molecule has 0 aliphatic heterocycles. The first-order chi connectivity index (χ1) is 17.0.